The molecule has 2 atom stereocenters. The summed E-state index contributed by atoms with van der Waals surface area (Å²) in [7, 11) is 0. The van der Waals surface area contributed by atoms with Gasteiger partial charge in [-0.3, -0.25) is 4.79 Å². The van der Waals surface area contributed by atoms with E-state index in [9.17, 15) is 4.79 Å². The number of carbonyl (C=O) groups excluding carboxylic acids is 1. The first kappa shape index (κ1) is 11.6. The molecular formula is C13H22N2O. The molecule has 0 aromatic rings. The number of likely N-dealkylation sites (tertiary alicyclic amines) is 1. The van der Waals surface area contributed by atoms with Gasteiger partial charge in [0.05, 0.1) is 0 Å². The van der Waals surface area contributed by atoms with Crippen LogP contribution < -0.4 is 5.73 Å². The van der Waals surface area contributed by atoms with Crippen LogP contribution in [0.5, 0.6) is 0 Å². The molecule has 3 heteroatoms. The first-order chi connectivity index (χ1) is 7.81. The monoisotopic (exact) mass is 222 g/mol. The van der Waals surface area contributed by atoms with Gasteiger partial charge in [0.1, 0.15) is 0 Å². The second-order valence-corrected chi connectivity index (χ2v) is 4.94. The number of hydrogen-bond donors (Lipinski definition) is 1. The molecule has 0 aromatic carbocycles. The van der Waals surface area contributed by atoms with Crippen molar-refractivity contribution in [1.82, 2.24) is 4.90 Å². The van der Waals surface area contributed by atoms with Crippen molar-refractivity contribution in [3.05, 3.63) is 12.2 Å². The molecule has 2 rings (SSSR count). The molecule has 0 saturated carbocycles. The van der Waals surface area contributed by atoms with Crippen LogP contribution in [0.1, 0.15) is 38.5 Å². The van der Waals surface area contributed by atoms with E-state index in [2.05, 4.69) is 12.2 Å². The summed E-state index contributed by atoms with van der Waals surface area (Å²) in [6.45, 7) is 1.53. The molecule has 1 saturated heterocycles. The topological polar surface area (TPSA) is 46.3 Å². The highest BCUT2D eigenvalue weighted by molar-refractivity contribution is 5.77. The standard InChI is InChI=1S/C13H22N2O/c14-10-12-7-3-4-8-15(12)13(16)9-11-5-1-2-6-11/h1,5,11-12H,2-4,6-10,14H2. The van der Waals surface area contributed by atoms with Crippen LogP contribution in [0.3, 0.4) is 0 Å². The number of nitrogens with two attached hydrogens (primary N) is 1. The molecule has 2 unspecified atom stereocenters. The van der Waals surface area contributed by atoms with Crippen LogP contribution in [0.25, 0.3) is 0 Å². The van der Waals surface area contributed by atoms with Gasteiger partial charge in [-0.1, -0.05) is 12.2 Å². The Balaban J connectivity index is 1.88. The van der Waals surface area contributed by atoms with Crippen LogP contribution in [0.15, 0.2) is 12.2 Å². The van der Waals surface area contributed by atoms with E-state index in [4.69, 9.17) is 5.73 Å². The van der Waals surface area contributed by atoms with Gasteiger partial charge in [0.15, 0.2) is 0 Å². The van der Waals surface area contributed by atoms with Gasteiger partial charge in [0.25, 0.3) is 0 Å². The summed E-state index contributed by atoms with van der Waals surface area (Å²) in [5.74, 6) is 0.791. The normalized spacial score (nSPS) is 29.7. The first-order valence-corrected chi connectivity index (χ1v) is 6.47. The third-order valence-corrected chi connectivity index (χ3v) is 3.77. The van der Waals surface area contributed by atoms with Crippen LogP contribution in [0.2, 0.25) is 0 Å². The summed E-state index contributed by atoms with van der Waals surface area (Å²) < 4.78 is 0. The summed E-state index contributed by atoms with van der Waals surface area (Å²) in [6.07, 6.45) is 10.8. The summed E-state index contributed by atoms with van der Waals surface area (Å²) in [6, 6.07) is 0.298. The third-order valence-electron chi connectivity index (χ3n) is 3.77. The molecule has 3 nitrogen and oxygen atoms in total. The third kappa shape index (κ3) is 2.64. The van der Waals surface area contributed by atoms with Crippen LogP contribution in [-0.4, -0.2) is 29.9 Å². The van der Waals surface area contributed by atoms with E-state index in [1.165, 1.54) is 6.42 Å². The zero-order chi connectivity index (χ0) is 11.4. The lowest BCUT2D eigenvalue weighted by molar-refractivity contribution is -0.135. The first-order valence-electron chi connectivity index (χ1n) is 6.47. The smallest absolute Gasteiger partial charge is 0.223 e. The van der Waals surface area contributed by atoms with Gasteiger partial charge in [-0.2, -0.15) is 0 Å². The Hall–Kier alpha value is -0.830. The Bertz CT molecular complexity index is 275. The molecule has 2 aliphatic rings. The van der Waals surface area contributed by atoms with Gasteiger partial charge in [0, 0.05) is 25.6 Å². The van der Waals surface area contributed by atoms with Crippen molar-refractivity contribution < 1.29 is 4.79 Å². The van der Waals surface area contributed by atoms with Crippen LogP contribution >= 0.6 is 0 Å². The van der Waals surface area contributed by atoms with Crippen molar-refractivity contribution in [3.8, 4) is 0 Å². The van der Waals surface area contributed by atoms with E-state index in [0.717, 1.165) is 32.2 Å². The van der Waals surface area contributed by atoms with Gasteiger partial charge >= 0.3 is 0 Å². The molecule has 16 heavy (non-hydrogen) atoms. The molecule has 0 aromatic heterocycles. The number of allylic oxidation sites excluding steroid dienone is 2. The SMILES string of the molecule is NCC1CCCCN1C(=O)CC1C=CCC1. The van der Waals surface area contributed by atoms with Crippen molar-refractivity contribution in [2.24, 2.45) is 11.7 Å². The second-order valence-electron chi connectivity index (χ2n) is 4.94. The highest BCUT2D eigenvalue weighted by Crippen LogP contribution is 2.24. The second kappa shape index (κ2) is 5.48. The Morgan fingerprint density at radius 3 is 2.94 bits per heavy atom. The fraction of sp³-hybridized carbons (Fsp3) is 0.769. The van der Waals surface area contributed by atoms with Crippen LogP contribution in [0, 0.1) is 5.92 Å². The minimum absolute atomic E-state index is 0.298. The van der Waals surface area contributed by atoms with Gasteiger partial charge in [-0.25, -0.2) is 0 Å². The predicted molar refractivity (Wildman–Crippen MR) is 64.9 cm³/mol. The number of carbonyl (C=O) groups is 1. The van der Waals surface area contributed by atoms with Gasteiger partial charge in [0.2, 0.25) is 5.91 Å². The maximum atomic E-state index is 12.2. The molecule has 2 N–H and O–H groups in total. The lowest BCUT2D eigenvalue weighted by Crippen LogP contribution is -2.47. The Kier molecular flexibility index (Phi) is 3.99. The highest BCUT2D eigenvalue weighted by Gasteiger charge is 2.26. The maximum absolute atomic E-state index is 12.2. The number of rotatable bonds is 3. The fourth-order valence-corrected chi connectivity index (χ4v) is 2.78. The molecule has 0 bridgehead atoms. The van der Waals surface area contributed by atoms with Crippen molar-refractivity contribution in [2.45, 2.75) is 44.6 Å². The minimum Gasteiger partial charge on any atom is -0.338 e. The Morgan fingerprint density at radius 1 is 1.38 bits per heavy atom. The van der Waals surface area contributed by atoms with Crippen molar-refractivity contribution in [1.29, 1.82) is 0 Å². The van der Waals surface area contributed by atoms with E-state index in [-0.39, 0.29) is 0 Å². The molecule has 1 fully saturated rings. The molecular weight excluding hydrogens is 200 g/mol. The van der Waals surface area contributed by atoms with E-state index in [0.29, 0.717) is 30.8 Å². The van der Waals surface area contributed by atoms with Gasteiger partial charge in [-0.15, -0.1) is 0 Å². The lowest BCUT2D eigenvalue weighted by atomic mass is 9.99. The van der Waals surface area contributed by atoms with Crippen molar-refractivity contribution >= 4 is 5.91 Å². The van der Waals surface area contributed by atoms with E-state index in [1.807, 2.05) is 4.90 Å². The van der Waals surface area contributed by atoms with Crippen molar-refractivity contribution in [2.75, 3.05) is 13.1 Å². The Morgan fingerprint density at radius 2 is 2.25 bits per heavy atom. The molecule has 0 radical (unpaired) electrons. The zero-order valence-electron chi connectivity index (χ0n) is 9.90. The average Bonchev–Trinajstić information content (AvgIpc) is 2.81. The van der Waals surface area contributed by atoms with Crippen molar-refractivity contribution in [3.63, 3.8) is 0 Å². The number of nitrogens with zero attached hydrogens (tertiary/aromatic N) is 1. The number of amides is 1. The summed E-state index contributed by atoms with van der Waals surface area (Å²) in [4.78, 5) is 14.2. The van der Waals surface area contributed by atoms with Gasteiger partial charge in [-0.05, 0) is 38.0 Å². The maximum Gasteiger partial charge on any atom is 0.223 e. The summed E-state index contributed by atoms with van der Waals surface area (Å²) in [5, 5.41) is 0. The number of piperidine rings is 1. The molecule has 1 heterocycles. The predicted octanol–water partition coefficient (Wildman–Crippen LogP) is 1.68. The van der Waals surface area contributed by atoms with E-state index in [1.54, 1.807) is 0 Å². The fourth-order valence-electron chi connectivity index (χ4n) is 2.78. The summed E-state index contributed by atoms with van der Waals surface area (Å²) >= 11 is 0. The molecule has 1 aliphatic heterocycles. The molecule has 90 valence electrons. The zero-order valence-corrected chi connectivity index (χ0v) is 9.90. The van der Waals surface area contributed by atoms with E-state index >= 15 is 0 Å². The summed E-state index contributed by atoms with van der Waals surface area (Å²) in [5.41, 5.74) is 5.73. The molecule has 1 aliphatic carbocycles. The highest BCUT2D eigenvalue weighted by atomic mass is 16.2. The number of hydrogen-bond acceptors (Lipinski definition) is 2. The average molecular weight is 222 g/mol. The minimum atomic E-state index is 0.298. The van der Waals surface area contributed by atoms with E-state index < -0.39 is 0 Å². The lowest BCUT2D eigenvalue weighted by Gasteiger charge is -2.35. The Labute approximate surface area is 97.7 Å². The van der Waals surface area contributed by atoms with Gasteiger partial charge < -0.3 is 10.6 Å². The van der Waals surface area contributed by atoms with Crippen LogP contribution in [-0.2, 0) is 4.79 Å². The quantitative estimate of drug-likeness (QED) is 0.738. The largest absolute Gasteiger partial charge is 0.338 e. The molecule has 0 spiro atoms. The van der Waals surface area contributed by atoms with Crippen LogP contribution in [0.4, 0.5) is 0 Å². The molecule has 1 amide bonds.